The largest absolute Gasteiger partial charge is 0.383 e. The van der Waals surface area contributed by atoms with Crippen LogP contribution < -0.4 is 5.56 Å². The van der Waals surface area contributed by atoms with Gasteiger partial charge in [0.2, 0.25) is 0 Å². The number of hydrogen-bond donors (Lipinski definition) is 3. The lowest BCUT2D eigenvalue weighted by molar-refractivity contribution is -0.236. The summed E-state index contributed by atoms with van der Waals surface area (Å²) in [6.45, 7) is 3.99. The van der Waals surface area contributed by atoms with Gasteiger partial charge in [-0.25, -0.2) is 9.37 Å². The van der Waals surface area contributed by atoms with E-state index in [0.29, 0.717) is 53.2 Å². The smallest absolute Gasteiger partial charge is 0.257 e. The van der Waals surface area contributed by atoms with Gasteiger partial charge >= 0.3 is 0 Å². The van der Waals surface area contributed by atoms with Crippen molar-refractivity contribution >= 4 is 28.6 Å². The average molecular weight is 554 g/mol. The van der Waals surface area contributed by atoms with Gasteiger partial charge in [-0.3, -0.25) is 9.59 Å². The molecule has 3 unspecified atom stereocenters. The molecule has 1 fully saturated rings. The van der Waals surface area contributed by atoms with E-state index in [9.17, 15) is 24.9 Å². The van der Waals surface area contributed by atoms with Gasteiger partial charge in [-0.05, 0) is 43.4 Å². The van der Waals surface area contributed by atoms with Gasteiger partial charge in [-0.1, -0.05) is 6.92 Å². The number of aromatic nitrogens is 2. The molecule has 0 aliphatic carbocycles. The summed E-state index contributed by atoms with van der Waals surface area (Å²) in [5, 5.41) is 32.9. The summed E-state index contributed by atoms with van der Waals surface area (Å²) in [7, 11) is 0. The van der Waals surface area contributed by atoms with E-state index in [1.54, 1.807) is 29.4 Å². The quantitative estimate of drug-likeness (QED) is 0.346. The van der Waals surface area contributed by atoms with Crippen LogP contribution in [0.4, 0.5) is 4.39 Å². The molecule has 0 saturated carbocycles. The Kier molecular flexibility index (Phi) is 5.54. The highest BCUT2D eigenvalue weighted by molar-refractivity contribution is 7.99. The molecular formula is C28H28FN3O6S. The zero-order valence-corrected chi connectivity index (χ0v) is 22.3. The van der Waals surface area contributed by atoms with Crippen LogP contribution in [0.5, 0.6) is 0 Å². The van der Waals surface area contributed by atoms with E-state index in [0.717, 1.165) is 21.4 Å². The summed E-state index contributed by atoms with van der Waals surface area (Å²) in [4.78, 5) is 34.2. The number of aliphatic hydroxyl groups excluding tert-OH is 2. The molecule has 1 aromatic carbocycles. The van der Waals surface area contributed by atoms with E-state index in [-0.39, 0.29) is 48.5 Å². The Hall–Kier alpha value is -2.83. The molecule has 6 heterocycles. The first kappa shape index (κ1) is 25.2. The van der Waals surface area contributed by atoms with Crippen LogP contribution in [0.3, 0.4) is 0 Å². The van der Waals surface area contributed by atoms with Crippen LogP contribution in [0.1, 0.15) is 60.0 Å². The number of nitrogens with zero attached hydrogens (tertiary/aromatic N) is 3. The van der Waals surface area contributed by atoms with Crippen molar-refractivity contribution < 1.29 is 29.2 Å². The number of pyridine rings is 2. The van der Waals surface area contributed by atoms with Crippen LogP contribution >= 0.6 is 11.8 Å². The third-order valence-electron chi connectivity index (χ3n) is 8.86. The van der Waals surface area contributed by atoms with Crippen molar-refractivity contribution in [3.63, 3.8) is 0 Å². The number of piperidine rings is 1. The Bertz CT molecular complexity index is 1660. The molecule has 7 rings (SSSR count). The number of fused-ring (bicyclic) bond motifs is 5. The molecule has 1 saturated heterocycles. The van der Waals surface area contributed by atoms with Gasteiger partial charge in [0.1, 0.15) is 17.5 Å². The van der Waals surface area contributed by atoms with Gasteiger partial charge in [0.25, 0.3) is 11.5 Å². The van der Waals surface area contributed by atoms with E-state index in [2.05, 4.69) is 0 Å². The fourth-order valence-electron chi connectivity index (χ4n) is 6.65. The summed E-state index contributed by atoms with van der Waals surface area (Å²) in [6, 6.07) is 2.70. The van der Waals surface area contributed by atoms with Crippen LogP contribution in [0.15, 0.2) is 21.8 Å². The van der Waals surface area contributed by atoms with Crippen molar-refractivity contribution in [1.29, 1.82) is 0 Å². The number of rotatable bonds is 2. The van der Waals surface area contributed by atoms with Crippen LogP contribution in [0.25, 0.3) is 22.3 Å². The first-order chi connectivity index (χ1) is 18.7. The summed E-state index contributed by atoms with van der Waals surface area (Å²) in [6.07, 6.45) is -1.33. The van der Waals surface area contributed by atoms with Gasteiger partial charge in [0.15, 0.2) is 6.29 Å². The molecule has 9 nitrogen and oxygen atoms in total. The van der Waals surface area contributed by atoms with Crippen molar-refractivity contribution in [2.45, 2.75) is 75.2 Å². The van der Waals surface area contributed by atoms with Crippen molar-refractivity contribution in [3.8, 4) is 11.4 Å². The molecule has 2 aromatic heterocycles. The highest BCUT2D eigenvalue weighted by Gasteiger charge is 2.45. The van der Waals surface area contributed by atoms with Crippen molar-refractivity contribution in [3.05, 3.63) is 56.1 Å². The number of benzene rings is 1. The minimum atomic E-state index is -1.76. The fourth-order valence-corrected chi connectivity index (χ4v) is 8.00. The summed E-state index contributed by atoms with van der Waals surface area (Å²) < 4.78 is 22.0. The number of hydrogen-bond acceptors (Lipinski definition) is 8. The van der Waals surface area contributed by atoms with E-state index >= 15 is 4.39 Å². The lowest BCUT2D eigenvalue weighted by Crippen LogP contribution is -2.47. The first-order valence-electron chi connectivity index (χ1n) is 13.2. The van der Waals surface area contributed by atoms with E-state index in [1.165, 1.54) is 17.8 Å². The molecule has 3 aromatic rings. The summed E-state index contributed by atoms with van der Waals surface area (Å²) >= 11 is 1.48. The number of carbonyl (C=O) groups is 1. The van der Waals surface area contributed by atoms with Crippen molar-refractivity contribution in [1.82, 2.24) is 14.5 Å². The summed E-state index contributed by atoms with van der Waals surface area (Å²) in [5.41, 5.74) is 1.99. The monoisotopic (exact) mass is 553 g/mol. The maximum Gasteiger partial charge on any atom is 0.257 e. The fraction of sp³-hybridized carbons (Fsp3) is 0.464. The zero-order chi connectivity index (χ0) is 27.4. The van der Waals surface area contributed by atoms with Gasteiger partial charge in [0, 0.05) is 45.3 Å². The minimum absolute atomic E-state index is 0.125. The van der Waals surface area contributed by atoms with Crippen LogP contribution in [-0.2, 0) is 28.3 Å². The highest BCUT2D eigenvalue weighted by Crippen LogP contribution is 2.50. The normalized spacial score (nSPS) is 27.5. The number of carbonyl (C=O) groups excluding carboxylic acids is 1. The minimum Gasteiger partial charge on any atom is -0.383 e. The zero-order valence-electron chi connectivity index (χ0n) is 21.5. The Morgan fingerprint density at radius 1 is 1.26 bits per heavy atom. The lowest BCUT2D eigenvalue weighted by atomic mass is 9.85. The molecule has 4 atom stereocenters. The first-order valence-corrected chi connectivity index (χ1v) is 14.2. The summed E-state index contributed by atoms with van der Waals surface area (Å²) in [5.74, 6) is -0.221. The van der Waals surface area contributed by atoms with Gasteiger partial charge in [-0.15, -0.1) is 11.8 Å². The van der Waals surface area contributed by atoms with E-state index < -0.39 is 18.0 Å². The second-order valence-electron chi connectivity index (χ2n) is 10.8. The highest BCUT2D eigenvalue weighted by atomic mass is 32.2. The van der Waals surface area contributed by atoms with Crippen molar-refractivity contribution in [2.24, 2.45) is 0 Å². The molecule has 1 amide bonds. The molecular weight excluding hydrogens is 525 g/mol. The molecule has 4 aliphatic heterocycles. The SMILES string of the molecule is CC[C@]1(O)c2cc3n(c(=O)c2COC1O)Cc1c-3nc2cc(F)c(C)c3c2c1C(N1CCCC(O)C1=O)CS3. The standard InChI is InChI=1S/C28H28FN3O6S/c1-3-28(37)15-7-18-23-13(9-32(18)25(34)14(15)10-38-27(28)36)21-19(31-6-4-5-20(33)26(31)35)11-39-24-12(2)16(29)8-17(30-23)22(21)24/h7-8,19-20,27,33,36-37H,3-6,9-11H2,1-2H3/t19?,20?,27?,28-/m0/s1. The molecule has 0 radical (unpaired) electrons. The molecule has 204 valence electrons. The maximum atomic E-state index is 15.1. The van der Waals surface area contributed by atoms with E-state index in [1.807, 2.05) is 0 Å². The second kappa shape index (κ2) is 8.58. The third-order valence-corrected chi connectivity index (χ3v) is 10.1. The molecule has 39 heavy (non-hydrogen) atoms. The average Bonchev–Trinajstić information content (AvgIpc) is 3.30. The predicted octanol–water partition coefficient (Wildman–Crippen LogP) is 2.45. The Morgan fingerprint density at radius 3 is 2.82 bits per heavy atom. The molecule has 11 heteroatoms. The van der Waals surface area contributed by atoms with Gasteiger partial charge in [0.05, 0.1) is 36.1 Å². The van der Waals surface area contributed by atoms with E-state index in [4.69, 9.17) is 9.72 Å². The molecule has 3 N–H and O–H groups in total. The molecule has 0 bridgehead atoms. The van der Waals surface area contributed by atoms with Crippen LogP contribution in [0, 0.1) is 12.7 Å². The number of likely N-dealkylation sites (tertiary alicyclic amines) is 1. The second-order valence-corrected chi connectivity index (χ2v) is 11.9. The van der Waals surface area contributed by atoms with Gasteiger partial charge < -0.3 is 29.5 Å². The number of thioether (sulfide) groups is 1. The molecule has 4 aliphatic rings. The van der Waals surface area contributed by atoms with Gasteiger partial charge in [-0.2, -0.15) is 0 Å². The Balaban J connectivity index is 1.51. The van der Waals surface area contributed by atoms with Crippen LogP contribution in [-0.4, -0.2) is 60.4 Å². The number of ether oxygens (including phenoxy) is 1. The molecule has 0 spiro atoms. The third kappa shape index (κ3) is 3.31. The number of aliphatic hydroxyl groups is 3. The number of halogens is 1. The number of amides is 1. The van der Waals surface area contributed by atoms with Crippen molar-refractivity contribution in [2.75, 3.05) is 12.3 Å². The van der Waals surface area contributed by atoms with Crippen LogP contribution in [0.2, 0.25) is 0 Å². The Labute approximate surface area is 227 Å². The Morgan fingerprint density at radius 2 is 2.05 bits per heavy atom. The lowest BCUT2D eigenvalue weighted by Gasteiger charge is -2.40. The maximum absolute atomic E-state index is 15.1. The topological polar surface area (TPSA) is 125 Å². The predicted molar refractivity (Wildman–Crippen MR) is 141 cm³/mol.